The third-order valence-corrected chi connectivity index (χ3v) is 3.96. The van der Waals surface area contributed by atoms with Crippen molar-refractivity contribution >= 4 is 11.0 Å². The van der Waals surface area contributed by atoms with E-state index in [0.29, 0.717) is 11.6 Å². The Hall–Kier alpha value is -2.36. The molecule has 3 aromatic rings. The fourth-order valence-electron chi connectivity index (χ4n) is 2.79. The van der Waals surface area contributed by atoms with Crippen molar-refractivity contribution in [3.05, 3.63) is 47.8 Å². The standard InChI is InChI=1S/C17H15FN2O/c1-10-2-6-13(16(21)8-10)17-19-14-7-3-11(18)9-15(14)20(17)12-4-5-12/h2-3,6-9,12,21H,4-5H2,1H3. The molecule has 0 atom stereocenters. The van der Waals surface area contributed by atoms with E-state index in [-0.39, 0.29) is 11.6 Å². The van der Waals surface area contributed by atoms with E-state index in [2.05, 4.69) is 9.55 Å². The molecule has 2 aromatic carbocycles. The van der Waals surface area contributed by atoms with Crippen LogP contribution in [-0.4, -0.2) is 14.7 Å². The number of halogens is 1. The van der Waals surface area contributed by atoms with Gasteiger partial charge in [0, 0.05) is 6.04 Å². The lowest BCUT2D eigenvalue weighted by molar-refractivity contribution is 0.476. The molecule has 0 unspecified atom stereocenters. The Labute approximate surface area is 121 Å². The molecule has 1 heterocycles. The highest BCUT2D eigenvalue weighted by atomic mass is 19.1. The van der Waals surface area contributed by atoms with E-state index >= 15 is 0 Å². The topological polar surface area (TPSA) is 38.0 Å². The van der Waals surface area contributed by atoms with E-state index in [0.717, 1.165) is 35.3 Å². The number of nitrogens with zero attached hydrogens (tertiary/aromatic N) is 2. The molecule has 1 aliphatic rings. The molecule has 1 N–H and O–H groups in total. The van der Waals surface area contributed by atoms with Gasteiger partial charge in [-0.1, -0.05) is 6.07 Å². The van der Waals surface area contributed by atoms with E-state index in [9.17, 15) is 9.50 Å². The van der Waals surface area contributed by atoms with Crippen molar-refractivity contribution in [3.63, 3.8) is 0 Å². The maximum atomic E-state index is 13.6. The molecule has 0 aliphatic heterocycles. The Morgan fingerprint density at radius 2 is 2.00 bits per heavy atom. The van der Waals surface area contributed by atoms with Crippen LogP contribution in [0, 0.1) is 12.7 Å². The Bertz CT molecular complexity index is 849. The average molecular weight is 282 g/mol. The van der Waals surface area contributed by atoms with E-state index in [1.165, 1.54) is 12.1 Å². The first-order valence-electron chi connectivity index (χ1n) is 7.11. The second-order valence-electron chi connectivity index (χ2n) is 5.69. The summed E-state index contributed by atoms with van der Waals surface area (Å²) in [5.74, 6) is 0.673. The third-order valence-electron chi connectivity index (χ3n) is 3.96. The van der Waals surface area contributed by atoms with Gasteiger partial charge in [0.15, 0.2) is 0 Å². The lowest BCUT2D eigenvalue weighted by Crippen LogP contribution is -1.98. The van der Waals surface area contributed by atoms with Crippen LogP contribution < -0.4 is 0 Å². The monoisotopic (exact) mass is 282 g/mol. The van der Waals surface area contributed by atoms with Crippen LogP contribution in [0.3, 0.4) is 0 Å². The highest BCUT2D eigenvalue weighted by molar-refractivity contribution is 5.82. The Morgan fingerprint density at radius 3 is 2.71 bits per heavy atom. The smallest absolute Gasteiger partial charge is 0.145 e. The highest BCUT2D eigenvalue weighted by Crippen LogP contribution is 2.42. The van der Waals surface area contributed by atoms with Gasteiger partial charge in [0.05, 0.1) is 16.6 Å². The second kappa shape index (κ2) is 4.32. The van der Waals surface area contributed by atoms with E-state index in [1.807, 2.05) is 19.1 Å². The maximum Gasteiger partial charge on any atom is 0.145 e. The van der Waals surface area contributed by atoms with Crippen LogP contribution in [0.1, 0.15) is 24.4 Å². The van der Waals surface area contributed by atoms with Crippen LogP contribution in [-0.2, 0) is 0 Å². The molecule has 106 valence electrons. The largest absolute Gasteiger partial charge is 0.507 e. The third kappa shape index (κ3) is 1.98. The summed E-state index contributed by atoms with van der Waals surface area (Å²) in [5.41, 5.74) is 3.26. The van der Waals surface area contributed by atoms with Crippen LogP contribution in [0.2, 0.25) is 0 Å². The molecule has 21 heavy (non-hydrogen) atoms. The molecule has 4 heteroatoms. The van der Waals surface area contributed by atoms with Crippen molar-refractivity contribution in [3.8, 4) is 17.1 Å². The molecule has 4 rings (SSSR count). The number of aromatic hydroxyl groups is 1. The summed E-state index contributed by atoms with van der Waals surface area (Å²) in [6.07, 6.45) is 2.14. The summed E-state index contributed by atoms with van der Waals surface area (Å²) in [6, 6.07) is 10.5. The number of hydrogen-bond acceptors (Lipinski definition) is 2. The van der Waals surface area contributed by atoms with Crippen LogP contribution in [0.15, 0.2) is 36.4 Å². The molecule has 0 saturated heterocycles. The molecule has 3 nitrogen and oxygen atoms in total. The second-order valence-corrected chi connectivity index (χ2v) is 5.69. The summed E-state index contributed by atoms with van der Waals surface area (Å²) < 4.78 is 15.6. The molecule has 1 fully saturated rings. The highest BCUT2D eigenvalue weighted by Gasteiger charge is 2.29. The van der Waals surface area contributed by atoms with Gasteiger partial charge in [-0.3, -0.25) is 0 Å². The molecule has 0 amide bonds. The summed E-state index contributed by atoms with van der Waals surface area (Å²) in [5, 5.41) is 10.2. The minimum Gasteiger partial charge on any atom is -0.507 e. The molecule has 1 aliphatic carbocycles. The molecule has 0 radical (unpaired) electrons. The first-order valence-corrected chi connectivity index (χ1v) is 7.11. The summed E-state index contributed by atoms with van der Waals surface area (Å²) >= 11 is 0. The van der Waals surface area contributed by atoms with Crippen molar-refractivity contribution in [2.24, 2.45) is 0 Å². The molecular formula is C17H15FN2O. The maximum absolute atomic E-state index is 13.6. The Balaban J connectivity index is 2.01. The molecule has 1 aromatic heterocycles. The van der Waals surface area contributed by atoms with Gasteiger partial charge in [0.2, 0.25) is 0 Å². The van der Waals surface area contributed by atoms with Gasteiger partial charge in [-0.2, -0.15) is 0 Å². The van der Waals surface area contributed by atoms with Crippen LogP contribution >= 0.6 is 0 Å². The lowest BCUT2D eigenvalue weighted by Gasteiger charge is -2.09. The van der Waals surface area contributed by atoms with Crippen molar-refractivity contribution in [1.82, 2.24) is 9.55 Å². The average Bonchev–Trinajstić information content (AvgIpc) is 3.20. The normalized spacial score (nSPS) is 14.8. The van der Waals surface area contributed by atoms with Gasteiger partial charge in [-0.05, 0) is 55.7 Å². The summed E-state index contributed by atoms with van der Waals surface area (Å²) in [4.78, 5) is 4.61. The van der Waals surface area contributed by atoms with Crippen molar-refractivity contribution in [2.75, 3.05) is 0 Å². The van der Waals surface area contributed by atoms with Gasteiger partial charge in [-0.15, -0.1) is 0 Å². The Kier molecular flexibility index (Phi) is 2.55. The summed E-state index contributed by atoms with van der Waals surface area (Å²) in [7, 11) is 0. The number of aromatic nitrogens is 2. The van der Waals surface area contributed by atoms with Gasteiger partial charge in [0.1, 0.15) is 17.4 Å². The van der Waals surface area contributed by atoms with E-state index in [4.69, 9.17) is 0 Å². The Morgan fingerprint density at radius 1 is 1.19 bits per heavy atom. The SMILES string of the molecule is Cc1ccc(-c2nc3ccc(F)cc3n2C2CC2)c(O)c1. The molecule has 1 saturated carbocycles. The number of hydrogen-bond donors (Lipinski definition) is 1. The van der Waals surface area contributed by atoms with Crippen molar-refractivity contribution < 1.29 is 9.50 Å². The number of rotatable bonds is 2. The minimum atomic E-state index is -0.260. The van der Waals surface area contributed by atoms with Gasteiger partial charge < -0.3 is 9.67 Å². The van der Waals surface area contributed by atoms with Gasteiger partial charge in [0.25, 0.3) is 0 Å². The zero-order valence-electron chi connectivity index (χ0n) is 11.7. The van der Waals surface area contributed by atoms with Crippen molar-refractivity contribution in [1.29, 1.82) is 0 Å². The fraction of sp³-hybridized carbons (Fsp3) is 0.235. The zero-order valence-corrected chi connectivity index (χ0v) is 11.7. The first-order chi connectivity index (χ1) is 10.1. The van der Waals surface area contributed by atoms with Gasteiger partial charge in [-0.25, -0.2) is 9.37 Å². The number of fused-ring (bicyclic) bond motifs is 1. The first kappa shape index (κ1) is 12.4. The fourth-order valence-corrected chi connectivity index (χ4v) is 2.79. The minimum absolute atomic E-state index is 0.215. The van der Waals surface area contributed by atoms with Crippen molar-refractivity contribution in [2.45, 2.75) is 25.8 Å². The van der Waals surface area contributed by atoms with Crippen LogP contribution in [0.4, 0.5) is 4.39 Å². The molecule has 0 bridgehead atoms. The molecular weight excluding hydrogens is 267 g/mol. The number of phenolic OH excluding ortho intramolecular Hbond substituents is 1. The predicted molar refractivity (Wildman–Crippen MR) is 79.8 cm³/mol. The predicted octanol–water partition coefficient (Wildman–Crippen LogP) is 4.19. The number of aryl methyl sites for hydroxylation is 1. The number of benzene rings is 2. The van der Waals surface area contributed by atoms with Crippen LogP contribution in [0.5, 0.6) is 5.75 Å². The van der Waals surface area contributed by atoms with Gasteiger partial charge >= 0.3 is 0 Å². The lowest BCUT2D eigenvalue weighted by atomic mass is 10.1. The zero-order chi connectivity index (χ0) is 14.6. The van der Waals surface area contributed by atoms with E-state index in [1.54, 1.807) is 12.1 Å². The molecule has 0 spiro atoms. The van der Waals surface area contributed by atoms with Crippen LogP contribution in [0.25, 0.3) is 22.4 Å². The number of phenols is 1. The quantitative estimate of drug-likeness (QED) is 0.765. The number of imidazole rings is 1. The summed E-state index contributed by atoms with van der Waals surface area (Å²) in [6.45, 7) is 1.93. The van der Waals surface area contributed by atoms with E-state index < -0.39 is 0 Å².